The fourth-order valence-corrected chi connectivity index (χ4v) is 3.13. The Labute approximate surface area is 153 Å². The number of benzene rings is 1. The standard InChI is InChI=1S/C20H35N5/c1-4-21-20(23-17-19-10-6-5-9-18(19)2)22-11-7-13-25-14-8-12-24(3)15-16-25/h5-6,9-10H,4,7-8,11-17H2,1-3H3,(H2,21,22,23). The van der Waals surface area contributed by atoms with Gasteiger partial charge in [0.1, 0.15) is 0 Å². The van der Waals surface area contributed by atoms with Gasteiger partial charge in [-0.05, 0) is 64.5 Å². The minimum atomic E-state index is 0.723. The van der Waals surface area contributed by atoms with Crippen molar-refractivity contribution in [2.45, 2.75) is 33.2 Å². The van der Waals surface area contributed by atoms with E-state index in [9.17, 15) is 0 Å². The van der Waals surface area contributed by atoms with Crippen molar-refractivity contribution in [1.82, 2.24) is 20.4 Å². The molecule has 140 valence electrons. The molecular weight excluding hydrogens is 310 g/mol. The van der Waals surface area contributed by atoms with E-state index in [4.69, 9.17) is 4.99 Å². The second-order valence-electron chi connectivity index (χ2n) is 6.90. The molecule has 1 aliphatic rings. The summed E-state index contributed by atoms with van der Waals surface area (Å²) >= 11 is 0. The van der Waals surface area contributed by atoms with Crippen LogP contribution >= 0.6 is 0 Å². The molecule has 0 spiro atoms. The molecule has 0 aliphatic carbocycles. The largest absolute Gasteiger partial charge is 0.357 e. The van der Waals surface area contributed by atoms with Crippen LogP contribution in [0.2, 0.25) is 0 Å². The second-order valence-corrected chi connectivity index (χ2v) is 6.90. The van der Waals surface area contributed by atoms with Gasteiger partial charge in [0.25, 0.3) is 0 Å². The lowest BCUT2D eigenvalue weighted by Crippen LogP contribution is -2.39. The highest BCUT2D eigenvalue weighted by atomic mass is 15.2. The summed E-state index contributed by atoms with van der Waals surface area (Å²) in [6, 6.07) is 8.45. The van der Waals surface area contributed by atoms with Gasteiger partial charge in [0.2, 0.25) is 0 Å². The van der Waals surface area contributed by atoms with Crippen LogP contribution in [-0.2, 0) is 6.54 Å². The highest BCUT2D eigenvalue weighted by Gasteiger charge is 2.11. The molecular formula is C20H35N5. The van der Waals surface area contributed by atoms with Gasteiger partial charge in [-0.1, -0.05) is 24.3 Å². The van der Waals surface area contributed by atoms with Crippen molar-refractivity contribution in [2.24, 2.45) is 4.99 Å². The Balaban J connectivity index is 1.73. The molecule has 1 aromatic carbocycles. The number of guanidine groups is 1. The molecule has 1 heterocycles. The molecule has 0 aromatic heterocycles. The Bertz CT molecular complexity index is 529. The van der Waals surface area contributed by atoms with Gasteiger partial charge in [0.15, 0.2) is 5.96 Å². The minimum absolute atomic E-state index is 0.723. The van der Waals surface area contributed by atoms with Gasteiger partial charge in [-0.25, -0.2) is 4.99 Å². The molecule has 0 bridgehead atoms. The molecule has 0 unspecified atom stereocenters. The molecule has 0 saturated carbocycles. The Kier molecular flexibility index (Phi) is 8.77. The van der Waals surface area contributed by atoms with Gasteiger partial charge in [-0.3, -0.25) is 0 Å². The highest BCUT2D eigenvalue weighted by molar-refractivity contribution is 5.79. The van der Waals surface area contributed by atoms with Gasteiger partial charge >= 0.3 is 0 Å². The lowest BCUT2D eigenvalue weighted by molar-refractivity contribution is 0.274. The summed E-state index contributed by atoms with van der Waals surface area (Å²) in [6.07, 6.45) is 2.43. The molecule has 2 N–H and O–H groups in total. The van der Waals surface area contributed by atoms with Crippen LogP contribution in [0.1, 0.15) is 30.9 Å². The summed E-state index contributed by atoms with van der Waals surface area (Å²) in [5.41, 5.74) is 2.58. The maximum absolute atomic E-state index is 4.73. The molecule has 1 aliphatic heterocycles. The quantitative estimate of drug-likeness (QED) is 0.451. The summed E-state index contributed by atoms with van der Waals surface area (Å²) < 4.78 is 0. The van der Waals surface area contributed by atoms with Crippen LogP contribution in [-0.4, -0.2) is 68.6 Å². The molecule has 25 heavy (non-hydrogen) atoms. The van der Waals surface area contributed by atoms with Gasteiger partial charge in [-0.2, -0.15) is 0 Å². The molecule has 0 atom stereocenters. The third kappa shape index (κ3) is 7.45. The fourth-order valence-electron chi connectivity index (χ4n) is 3.13. The zero-order valence-corrected chi connectivity index (χ0v) is 16.2. The second kappa shape index (κ2) is 11.1. The van der Waals surface area contributed by atoms with E-state index in [-0.39, 0.29) is 0 Å². The van der Waals surface area contributed by atoms with Crippen LogP contribution < -0.4 is 10.6 Å². The monoisotopic (exact) mass is 345 g/mol. The molecule has 2 rings (SSSR count). The summed E-state index contributed by atoms with van der Waals surface area (Å²) in [4.78, 5) is 9.74. The topological polar surface area (TPSA) is 42.9 Å². The summed E-state index contributed by atoms with van der Waals surface area (Å²) in [5, 5.41) is 6.82. The summed E-state index contributed by atoms with van der Waals surface area (Å²) in [7, 11) is 2.22. The maximum atomic E-state index is 4.73. The number of hydrogen-bond donors (Lipinski definition) is 2. The van der Waals surface area contributed by atoms with Crippen LogP contribution in [0.25, 0.3) is 0 Å². The Morgan fingerprint density at radius 1 is 1.12 bits per heavy atom. The number of likely N-dealkylation sites (N-methyl/N-ethyl adjacent to an activating group) is 1. The van der Waals surface area contributed by atoms with Crippen molar-refractivity contribution >= 4 is 5.96 Å². The van der Waals surface area contributed by atoms with Crippen molar-refractivity contribution in [1.29, 1.82) is 0 Å². The van der Waals surface area contributed by atoms with Gasteiger partial charge in [0, 0.05) is 26.2 Å². The van der Waals surface area contributed by atoms with Crippen LogP contribution in [0.4, 0.5) is 0 Å². The number of aryl methyl sites for hydroxylation is 1. The van der Waals surface area contributed by atoms with Gasteiger partial charge < -0.3 is 20.4 Å². The van der Waals surface area contributed by atoms with Crippen molar-refractivity contribution in [2.75, 3.05) is 52.9 Å². The lowest BCUT2D eigenvalue weighted by atomic mass is 10.1. The van der Waals surface area contributed by atoms with Crippen LogP contribution in [0, 0.1) is 6.92 Å². The Hall–Kier alpha value is -1.59. The van der Waals surface area contributed by atoms with E-state index in [0.717, 1.165) is 38.6 Å². The van der Waals surface area contributed by atoms with Gasteiger partial charge in [0.05, 0.1) is 6.54 Å². The fraction of sp³-hybridized carbons (Fsp3) is 0.650. The van der Waals surface area contributed by atoms with Crippen LogP contribution in [0.5, 0.6) is 0 Å². The number of hydrogen-bond acceptors (Lipinski definition) is 3. The predicted molar refractivity (Wildman–Crippen MR) is 107 cm³/mol. The zero-order chi connectivity index (χ0) is 17.9. The SMILES string of the molecule is CCNC(=NCc1ccccc1C)NCCCN1CCCN(C)CC1. The van der Waals surface area contributed by atoms with Crippen molar-refractivity contribution in [3.05, 3.63) is 35.4 Å². The minimum Gasteiger partial charge on any atom is -0.357 e. The lowest BCUT2D eigenvalue weighted by Gasteiger charge is -2.20. The van der Waals surface area contributed by atoms with E-state index in [0.29, 0.717) is 0 Å². The highest BCUT2D eigenvalue weighted by Crippen LogP contribution is 2.08. The van der Waals surface area contributed by atoms with E-state index >= 15 is 0 Å². The third-order valence-electron chi connectivity index (χ3n) is 4.77. The van der Waals surface area contributed by atoms with E-state index in [2.05, 4.69) is 65.6 Å². The molecule has 1 saturated heterocycles. The number of nitrogens with one attached hydrogen (secondary N) is 2. The molecule has 5 nitrogen and oxygen atoms in total. The first kappa shape index (κ1) is 19.7. The van der Waals surface area contributed by atoms with E-state index < -0.39 is 0 Å². The molecule has 0 amide bonds. The zero-order valence-electron chi connectivity index (χ0n) is 16.2. The van der Waals surface area contributed by atoms with Crippen molar-refractivity contribution < 1.29 is 0 Å². The van der Waals surface area contributed by atoms with E-state index in [1.165, 1.54) is 43.7 Å². The van der Waals surface area contributed by atoms with E-state index in [1.54, 1.807) is 0 Å². The van der Waals surface area contributed by atoms with E-state index in [1.807, 2.05) is 0 Å². The predicted octanol–water partition coefficient (Wildman–Crippen LogP) is 2.08. The average molecular weight is 346 g/mol. The first-order chi connectivity index (χ1) is 12.2. The normalized spacial score (nSPS) is 17.3. The average Bonchev–Trinajstić information content (AvgIpc) is 2.82. The van der Waals surface area contributed by atoms with Gasteiger partial charge in [-0.15, -0.1) is 0 Å². The number of aliphatic imine (C=N–C) groups is 1. The number of rotatable bonds is 7. The molecule has 1 fully saturated rings. The molecule has 1 aromatic rings. The van der Waals surface area contributed by atoms with Crippen LogP contribution in [0.15, 0.2) is 29.3 Å². The Morgan fingerprint density at radius 3 is 2.76 bits per heavy atom. The smallest absolute Gasteiger partial charge is 0.191 e. The molecule has 5 heteroatoms. The first-order valence-electron chi connectivity index (χ1n) is 9.66. The molecule has 0 radical (unpaired) electrons. The number of nitrogens with zero attached hydrogens (tertiary/aromatic N) is 3. The Morgan fingerprint density at radius 2 is 1.96 bits per heavy atom. The third-order valence-corrected chi connectivity index (χ3v) is 4.77. The maximum Gasteiger partial charge on any atom is 0.191 e. The summed E-state index contributed by atoms with van der Waals surface area (Å²) in [5.74, 6) is 0.918. The van der Waals surface area contributed by atoms with Crippen molar-refractivity contribution in [3.63, 3.8) is 0 Å². The van der Waals surface area contributed by atoms with Crippen molar-refractivity contribution in [3.8, 4) is 0 Å². The summed E-state index contributed by atoms with van der Waals surface area (Å²) in [6.45, 7) is 12.8. The first-order valence-corrected chi connectivity index (χ1v) is 9.66. The van der Waals surface area contributed by atoms with Crippen LogP contribution in [0.3, 0.4) is 0 Å².